The van der Waals surface area contributed by atoms with Crippen molar-refractivity contribution in [3.8, 4) is 11.5 Å². The molecular weight excluding hydrogens is 229 g/mol. The summed E-state index contributed by atoms with van der Waals surface area (Å²) in [5.41, 5.74) is 7.80. The van der Waals surface area contributed by atoms with Crippen molar-refractivity contribution in [3.63, 3.8) is 0 Å². The first-order valence-corrected chi connectivity index (χ1v) is 6.03. The van der Waals surface area contributed by atoms with E-state index < -0.39 is 0 Å². The van der Waals surface area contributed by atoms with Crippen LogP contribution in [0.1, 0.15) is 17.0 Å². The zero-order chi connectivity index (χ0) is 12.5. The van der Waals surface area contributed by atoms with Gasteiger partial charge in [-0.15, -0.1) is 0 Å². The van der Waals surface area contributed by atoms with Gasteiger partial charge in [-0.25, -0.2) is 4.39 Å². The van der Waals surface area contributed by atoms with Crippen LogP contribution in [0.15, 0.2) is 42.5 Å². The van der Waals surface area contributed by atoms with Crippen molar-refractivity contribution >= 4 is 0 Å². The van der Waals surface area contributed by atoms with E-state index in [-0.39, 0.29) is 11.7 Å². The molecule has 0 unspecified atom stereocenters. The van der Waals surface area contributed by atoms with E-state index >= 15 is 0 Å². The van der Waals surface area contributed by atoms with Crippen molar-refractivity contribution in [2.24, 2.45) is 5.73 Å². The first-order chi connectivity index (χ1) is 8.78. The van der Waals surface area contributed by atoms with Crippen LogP contribution >= 0.6 is 0 Å². The van der Waals surface area contributed by atoms with E-state index in [1.807, 2.05) is 24.3 Å². The number of benzene rings is 2. The van der Waals surface area contributed by atoms with Crippen molar-refractivity contribution in [1.29, 1.82) is 0 Å². The Morgan fingerprint density at radius 3 is 2.83 bits per heavy atom. The molecule has 2 aromatic rings. The quantitative estimate of drug-likeness (QED) is 0.834. The second kappa shape index (κ2) is 4.42. The predicted molar refractivity (Wildman–Crippen MR) is 68.4 cm³/mol. The number of hydrogen-bond acceptors (Lipinski definition) is 2. The number of halogens is 1. The predicted octanol–water partition coefficient (Wildman–Crippen LogP) is 3.22. The molecule has 0 fully saturated rings. The van der Waals surface area contributed by atoms with Gasteiger partial charge in [-0.05, 0) is 48.4 Å². The first-order valence-electron chi connectivity index (χ1n) is 6.03. The molecular formula is C15H14FNO. The molecule has 2 aromatic carbocycles. The molecule has 0 aliphatic carbocycles. The molecule has 3 heteroatoms. The van der Waals surface area contributed by atoms with Gasteiger partial charge in [0.15, 0.2) is 0 Å². The van der Waals surface area contributed by atoms with Gasteiger partial charge >= 0.3 is 0 Å². The fourth-order valence-corrected chi connectivity index (χ4v) is 2.42. The molecule has 0 bridgehead atoms. The third-order valence-electron chi connectivity index (χ3n) is 3.35. The van der Waals surface area contributed by atoms with Gasteiger partial charge in [-0.1, -0.05) is 18.2 Å². The van der Waals surface area contributed by atoms with Crippen LogP contribution in [0.25, 0.3) is 0 Å². The Morgan fingerprint density at radius 2 is 2.00 bits per heavy atom. The standard InChI is InChI=1S/C15H14FNO/c16-12-5-6-14-10(8-12)7-11(9-17)13-3-1-2-4-15(13)18-14/h1-6,8,11H,7,9,17H2/t11-/m0/s1. The molecule has 1 aliphatic rings. The Balaban J connectivity index is 2.13. The lowest BCUT2D eigenvalue weighted by Gasteiger charge is -2.13. The van der Waals surface area contributed by atoms with Gasteiger partial charge in [0.2, 0.25) is 0 Å². The highest BCUT2D eigenvalue weighted by Crippen LogP contribution is 2.38. The zero-order valence-electron chi connectivity index (χ0n) is 9.90. The topological polar surface area (TPSA) is 35.2 Å². The van der Waals surface area contributed by atoms with E-state index in [1.165, 1.54) is 12.1 Å². The SMILES string of the molecule is NC[C@@H]1Cc2cc(F)ccc2Oc2ccccc21. The molecule has 18 heavy (non-hydrogen) atoms. The number of para-hydroxylation sites is 1. The molecule has 3 rings (SSSR count). The lowest BCUT2D eigenvalue weighted by Crippen LogP contribution is -2.14. The van der Waals surface area contributed by atoms with Crippen molar-refractivity contribution in [1.82, 2.24) is 0 Å². The maximum absolute atomic E-state index is 13.3. The van der Waals surface area contributed by atoms with Crippen molar-refractivity contribution in [2.45, 2.75) is 12.3 Å². The molecule has 0 saturated carbocycles. The van der Waals surface area contributed by atoms with Gasteiger partial charge in [-0.2, -0.15) is 0 Å². The summed E-state index contributed by atoms with van der Waals surface area (Å²) in [6.07, 6.45) is 0.709. The number of nitrogens with two attached hydrogens (primary N) is 1. The highest BCUT2D eigenvalue weighted by Gasteiger charge is 2.22. The van der Waals surface area contributed by atoms with Crippen LogP contribution in [0.3, 0.4) is 0 Å². The van der Waals surface area contributed by atoms with Crippen LogP contribution in [0.4, 0.5) is 4.39 Å². The second-order valence-electron chi connectivity index (χ2n) is 4.53. The summed E-state index contributed by atoms with van der Waals surface area (Å²) in [4.78, 5) is 0. The summed E-state index contributed by atoms with van der Waals surface area (Å²) in [6.45, 7) is 0.524. The summed E-state index contributed by atoms with van der Waals surface area (Å²) < 4.78 is 19.2. The summed E-state index contributed by atoms with van der Waals surface area (Å²) in [5.74, 6) is 1.47. The van der Waals surface area contributed by atoms with E-state index in [0.29, 0.717) is 13.0 Å². The molecule has 0 amide bonds. The molecule has 0 saturated heterocycles. The van der Waals surface area contributed by atoms with E-state index in [4.69, 9.17) is 10.5 Å². The van der Waals surface area contributed by atoms with Crippen molar-refractivity contribution in [2.75, 3.05) is 6.54 Å². The van der Waals surface area contributed by atoms with Crippen LogP contribution in [0.5, 0.6) is 11.5 Å². The average molecular weight is 243 g/mol. The number of hydrogen-bond donors (Lipinski definition) is 1. The number of fused-ring (bicyclic) bond motifs is 2. The maximum Gasteiger partial charge on any atom is 0.130 e. The Labute approximate surface area is 105 Å². The molecule has 1 atom stereocenters. The third kappa shape index (κ3) is 1.87. The van der Waals surface area contributed by atoms with E-state index in [1.54, 1.807) is 6.07 Å². The summed E-state index contributed by atoms with van der Waals surface area (Å²) >= 11 is 0. The normalized spacial score (nSPS) is 17.3. The zero-order valence-corrected chi connectivity index (χ0v) is 9.90. The summed E-state index contributed by atoms with van der Waals surface area (Å²) in [5, 5.41) is 0. The molecule has 0 spiro atoms. The lowest BCUT2D eigenvalue weighted by molar-refractivity contribution is 0.476. The Hall–Kier alpha value is -1.87. The minimum absolute atomic E-state index is 0.171. The van der Waals surface area contributed by atoms with Crippen LogP contribution < -0.4 is 10.5 Å². The first kappa shape index (κ1) is 11.2. The monoisotopic (exact) mass is 243 g/mol. The third-order valence-corrected chi connectivity index (χ3v) is 3.35. The fourth-order valence-electron chi connectivity index (χ4n) is 2.42. The van der Waals surface area contributed by atoms with Crippen LogP contribution in [-0.4, -0.2) is 6.54 Å². The van der Waals surface area contributed by atoms with Gasteiger partial charge in [0.25, 0.3) is 0 Å². The summed E-state index contributed by atoms with van der Waals surface area (Å²) in [7, 11) is 0. The van der Waals surface area contributed by atoms with Crippen LogP contribution in [-0.2, 0) is 6.42 Å². The molecule has 0 aromatic heterocycles. The Kier molecular flexibility index (Phi) is 2.76. The number of ether oxygens (including phenoxy) is 1. The minimum Gasteiger partial charge on any atom is -0.457 e. The molecule has 0 radical (unpaired) electrons. The maximum atomic E-state index is 13.3. The van der Waals surface area contributed by atoms with Gasteiger partial charge in [-0.3, -0.25) is 0 Å². The molecule has 2 N–H and O–H groups in total. The van der Waals surface area contributed by atoms with Crippen LogP contribution in [0.2, 0.25) is 0 Å². The van der Waals surface area contributed by atoms with Crippen molar-refractivity contribution in [3.05, 3.63) is 59.4 Å². The molecule has 1 aliphatic heterocycles. The van der Waals surface area contributed by atoms with Crippen molar-refractivity contribution < 1.29 is 9.13 Å². The van der Waals surface area contributed by atoms with Gasteiger partial charge in [0.05, 0.1) is 0 Å². The average Bonchev–Trinajstić information content (AvgIpc) is 2.54. The van der Waals surface area contributed by atoms with Gasteiger partial charge in [0, 0.05) is 5.92 Å². The molecule has 92 valence electrons. The Bertz CT molecular complexity index is 582. The number of rotatable bonds is 1. The largest absolute Gasteiger partial charge is 0.457 e. The highest BCUT2D eigenvalue weighted by atomic mass is 19.1. The minimum atomic E-state index is -0.237. The van der Waals surface area contributed by atoms with Crippen LogP contribution in [0, 0.1) is 5.82 Å². The van der Waals surface area contributed by atoms with E-state index in [2.05, 4.69) is 0 Å². The second-order valence-corrected chi connectivity index (χ2v) is 4.53. The smallest absolute Gasteiger partial charge is 0.130 e. The summed E-state index contributed by atoms with van der Waals surface area (Å²) in [6, 6.07) is 12.5. The van der Waals surface area contributed by atoms with E-state index in [0.717, 1.165) is 22.6 Å². The molecule has 1 heterocycles. The fraction of sp³-hybridized carbons (Fsp3) is 0.200. The highest BCUT2D eigenvalue weighted by molar-refractivity contribution is 5.47. The molecule has 2 nitrogen and oxygen atoms in total. The Morgan fingerprint density at radius 1 is 1.17 bits per heavy atom. The van der Waals surface area contributed by atoms with E-state index in [9.17, 15) is 4.39 Å². The van der Waals surface area contributed by atoms with Gasteiger partial charge in [0.1, 0.15) is 17.3 Å². The lowest BCUT2D eigenvalue weighted by atomic mass is 9.92. The van der Waals surface area contributed by atoms with Gasteiger partial charge < -0.3 is 10.5 Å².